The quantitative estimate of drug-likeness (QED) is 0.319. The monoisotopic (exact) mass is 504 g/mol. The van der Waals surface area contributed by atoms with Crippen molar-refractivity contribution in [2.75, 3.05) is 33.2 Å². The summed E-state index contributed by atoms with van der Waals surface area (Å²) < 4.78 is 21.5. The summed E-state index contributed by atoms with van der Waals surface area (Å²) >= 11 is 0. The Morgan fingerprint density at radius 3 is 2.21 bits per heavy atom. The van der Waals surface area contributed by atoms with E-state index in [1.807, 2.05) is 25.1 Å². The maximum atomic E-state index is 5.39. The Labute approximate surface area is 183 Å². The van der Waals surface area contributed by atoms with Gasteiger partial charge in [-0.3, -0.25) is 0 Å². The van der Waals surface area contributed by atoms with Crippen LogP contribution in [0.3, 0.4) is 0 Å². The maximum absolute atomic E-state index is 5.39. The minimum atomic E-state index is 0. The van der Waals surface area contributed by atoms with Gasteiger partial charge in [0.25, 0.3) is 0 Å². The molecule has 0 saturated heterocycles. The van der Waals surface area contributed by atoms with Crippen LogP contribution in [0, 0.1) is 0 Å². The van der Waals surface area contributed by atoms with E-state index in [4.69, 9.17) is 18.7 Å². The lowest BCUT2D eigenvalue weighted by atomic mass is 10.1. The Balaban J connectivity index is 0.00000392. The van der Waals surface area contributed by atoms with Crippen molar-refractivity contribution in [2.45, 2.75) is 33.2 Å². The molecule has 2 N–H and O–H groups in total. The van der Waals surface area contributed by atoms with Gasteiger partial charge in [0.15, 0.2) is 23.2 Å². The summed E-state index contributed by atoms with van der Waals surface area (Å²) in [5, 5.41) is 10.5. The summed E-state index contributed by atoms with van der Waals surface area (Å²) in [6.07, 6.45) is 0. The normalized spacial score (nSPS) is 11.0. The summed E-state index contributed by atoms with van der Waals surface area (Å²) in [5.74, 6) is 3.29. The molecular weight excluding hydrogens is 475 g/mol. The molecular formula is C19H29IN4O4. The molecule has 0 radical (unpaired) electrons. The highest BCUT2D eigenvalue weighted by atomic mass is 127. The fraction of sp³-hybridized carbons (Fsp3) is 0.474. The lowest BCUT2D eigenvalue weighted by molar-refractivity contribution is 0.324. The third-order valence-corrected chi connectivity index (χ3v) is 3.83. The van der Waals surface area contributed by atoms with Gasteiger partial charge in [-0.15, -0.1) is 24.0 Å². The van der Waals surface area contributed by atoms with Crippen molar-refractivity contribution in [3.05, 3.63) is 29.7 Å². The highest BCUT2D eigenvalue weighted by Crippen LogP contribution is 2.39. The van der Waals surface area contributed by atoms with E-state index < -0.39 is 0 Å². The molecule has 0 aliphatic carbocycles. The number of nitrogens with one attached hydrogen (secondary N) is 2. The van der Waals surface area contributed by atoms with Gasteiger partial charge >= 0.3 is 0 Å². The van der Waals surface area contributed by atoms with Gasteiger partial charge in [-0.2, -0.15) is 0 Å². The van der Waals surface area contributed by atoms with Gasteiger partial charge < -0.3 is 29.4 Å². The predicted molar refractivity (Wildman–Crippen MR) is 121 cm³/mol. The Morgan fingerprint density at radius 2 is 1.75 bits per heavy atom. The molecule has 0 fully saturated rings. The fourth-order valence-electron chi connectivity index (χ4n) is 2.43. The number of aliphatic imine (C=N–C) groups is 1. The molecule has 1 aromatic carbocycles. The van der Waals surface area contributed by atoms with Gasteiger partial charge in [0.1, 0.15) is 6.54 Å². The number of benzene rings is 1. The van der Waals surface area contributed by atoms with Crippen molar-refractivity contribution in [1.29, 1.82) is 0 Å². The van der Waals surface area contributed by atoms with E-state index in [1.165, 1.54) is 0 Å². The fourth-order valence-corrected chi connectivity index (χ4v) is 2.43. The Hall–Kier alpha value is -2.17. The molecule has 8 nitrogen and oxygen atoms in total. The maximum Gasteiger partial charge on any atom is 0.203 e. The van der Waals surface area contributed by atoms with Crippen molar-refractivity contribution < 1.29 is 18.7 Å². The molecule has 0 unspecified atom stereocenters. The van der Waals surface area contributed by atoms with Crippen molar-refractivity contribution >= 4 is 35.6 Å². The average molecular weight is 504 g/mol. The first-order chi connectivity index (χ1) is 13.0. The summed E-state index contributed by atoms with van der Waals surface area (Å²) in [6, 6.07) is 5.57. The first kappa shape index (κ1) is 23.9. The third-order valence-electron chi connectivity index (χ3n) is 3.83. The SMILES string of the molecule is CCNC(=NCc1cc(C(C)C)no1)Nc1cc(OC)c(OC)c(OC)c1.I. The van der Waals surface area contributed by atoms with E-state index in [2.05, 4.69) is 34.6 Å². The minimum Gasteiger partial charge on any atom is -0.493 e. The third kappa shape index (κ3) is 6.18. The number of anilines is 1. The second kappa shape index (κ2) is 11.6. The summed E-state index contributed by atoms with van der Waals surface area (Å²) in [5.41, 5.74) is 1.67. The molecule has 0 saturated carbocycles. The van der Waals surface area contributed by atoms with E-state index in [0.29, 0.717) is 48.0 Å². The zero-order valence-electron chi connectivity index (χ0n) is 17.2. The van der Waals surface area contributed by atoms with Crippen LogP contribution in [-0.2, 0) is 6.54 Å². The van der Waals surface area contributed by atoms with E-state index in [0.717, 1.165) is 11.4 Å². The zero-order chi connectivity index (χ0) is 19.8. The standard InChI is InChI=1S/C19H28N4O4.HI/c1-7-20-19(21-11-14-10-15(12(2)3)23-27-14)22-13-8-16(24-4)18(26-6)17(9-13)25-5;/h8-10,12H,7,11H2,1-6H3,(H2,20,21,22);1H. The van der Waals surface area contributed by atoms with Crippen molar-refractivity contribution in [2.24, 2.45) is 4.99 Å². The second-order valence-electron chi connectivity index (χ2n) is 6.11. The molecule has 2 aromatic rings. The van der Waals surface area contributed by atoms with Crippen molar-refractivity contribution in [3.63, 3.8) is 0 Å². The van der Waals surface area contributed by atoms with Crippen molar-refractivity contribution in [1.82, 2.24) is 10.5 Å². The van der Waals surface area contributed by atoms with Crippen LogP contribution in [0.4, 0.5) is 5.69 Å². The smallest absolute Gasteiger partial charge is 0.203 e. The van der Waals surface area contributed by atoms with Crippen LogP contribution in [-0.4, -0.2) is 39.0 Å². The number of methoxy groups -OCH3 is 3. The number of nitrogens with zero attached hydrogens (tertiary/aromatic N) is 2. The van der Waals surface area contributed by atoms with Crippen LogP contribution in [0.1, 0.15) is 38.1 Å². The number of guanidine groups is 1. The summed E-state index contributed by atoms with van der Waals surface area (Å²) in [6.45, 7) is 7.23. The van der Waals surface area contributed by atoms with Crippen LogP contribution in [0.2, 0.25) is 0 Å². The lowest BCUT2D eigenvalue weighted by Gasteiger charge is -2.16. The number of ether oxygens (including phenoxy) is 3. The van der Waals surface area contributed by atoms with Gasteiger partial charge in [-0.25, -0.2) is 4.99 Å². The highest BCUT2D eigenvalue weighted by molar-refractivity contribution is 14.0. The largest absolute Gasteiger partial charge is 0.493 e. The Kier molecular flexibility index (Phi) is 9.91. The Bertz CT molecular complexity index is 752. The molecule has 0 aliphatic rings. The van der Waals surface area contributed by atoms with Gasteiger partial charge in [-0.1, -0.05) is 19.0 Å². The molecule has 9 heteroatoms. The number of hydrogen-bond donors (Lipinski definition) is 2. The molecule has 156 valence electrons. The summed E-state index contributed by atoms with van der Waals surface area (Å²) in [4.78, 5) is 4.55. The average Bonchev–Trinajstić information content (AvgIpc) is 3.14. The van der Waals surface area contributed by atoms with Gasteiger partial charge in [0.05, 0.1) is 27.0 Å². The van der Waals surface area contributed by atoms with Gasteiger partial charge in [0.2, 0.25) is 5.75 Å². The number of halogens is 1. The van der Waals surface area contributed by atoms with Crippen LogP contribution in [0.15, 0.2) is 27.7 Å². The van der Waals surface area contributed by atoms with Crippen LogP contribution in [0.25, 0.3) is 0 Å². The molecule has 0 atom stereocenters. The number of rotatable bonds is 8. The highest BCUT2D eigenvalue weighted by Gasteiger charge is 2.14. The van der Waals surface area contributed by atoms with E-state index in [1.54, 1.807) is 21.3 Å². The minimum absolute atomic E-state index is 0. The topological polar surface area (TPSA) is 90.1 Å². The lowest BCUT2D eigenvalue weighted by Crippen LogP contribution is -2.30. The van der Waals surface area contributed by atoms with E-state index in [9.17, 15) is 0 Å². The molecule has 2 rings (SSSR count). The molecule has 0 bridgehead atoms. The van der Waals surface area contributed by atoms with Gasteiger partial charge in [-0.05, 0) is 12.8 Å². The molecule has 28 heavy (non-hydrogen) atoms. The van der Waals surface area contributed by atoms with Gasteiger partial charge in [0, 0.05) is 30.4 Å². The second-order valence-corrected chi connectivity index (χ2v) is 6.11. The van der Waals surface area contributed by atoms with E-state index >= 15 is 0 Å². The summed E-state index contributed by atoms with van der Waals surface area (Å²) in [7, 11) is 4.73. The van der Waals surface area contributed by atoms with E-state index in [-0.39, 0.29) is 24.0 Å². The Morgan fingerprint density at radius 1 is 1.11 bits per heavy atom. The molecule has 0 amide bonds. The first-order valence-corrected chi connectivity index (χ1v) is 8.83. The first-order valence-electron chi connectivity index (χ1n) is 8.83. The van der Waals surface area contributed by atoms with Crippen LogP contribution < -0.4 is 24.8 Å². The molecule has 0 aliphatic heterocycles. The molecule has 1 heterocycles. The number of hydrogen-bond acceptors (Lipinski definition) is 6. The van der Waals surface area contributed by atoms with Crippen LogP contribution in [0.5, 0.6) is 17.2 Å². The predicted octanol–water partition coefficient (Wildman–Crippen LogP) is 4.02. The number of aromatic nitrogens is 1. The zero-order valence-corrected chi connectivity index (χ0v) is 19.5. The van der Waals surface area contributed by atoms with Crippen molar-refractivity contribution in [3.8, 4) is 17.2 Å². The van der Waals surface area contributed by atoms with Crippen LogP contribution >= 0.6 is 24.0 Å². The molecule has 1 aromatic heterocycles. The molecule has 0 spiro atoms.